The third-order valence-electron chi connectivity index (χ3n) is 4.02. The Balaban J connectivity index is 1.99. The van der Waals surface area contributed by atoms with E-state index in [0.717, 1.165) is 10.7 Å². The Labute approximate surface area is 146 Å². The first-order valence-electron chi connectivity index (χ1n) is 7.13. The molecule has 0 aliphatic carbocycles. The number of anilines is 1. The van der Waals surface area contributed by atoms with Gasteiger partial charge in [-0.3, -0.25) is 9.36 Å². The predicted octanol–water partition coefficient (Wildman–Crippen LogP) is -2.21. The Morgan fingerprint density at radius 3 is 2.72 bits per heavy atom. The number of aromatic nitrogens is 6. The molecule has 3 aromatic heterocycles. The van der Waals surface area contributed by atoms with Crippen molar-refractivity contribution >= 4 is 38.8 Å². The van der Waals surface area contributed by atoms with Crippen LogP contribution in [0.1, 0.15) is 6.23 Å². The molecule has 0 unspecified atom stereocenters. The topological polar surface area (TPSA) is 174 Å². The van der Waals surface area contributed by atoms with Crippen LogP contribution >= 0.6 is 15.9 Å². The van der Waals surface area contributed by atoms with Crippen LogP contribution in [0.4, 0.5) is 5.95 Å². The summed E-state index contributed by atoms with van der Waals surface area (Å²) >= 11 is 3.20. The zero-order valence-corrected chi connectivity index (χ0v) is 14.0. The number of nitrogens with two attached hydrogens (primary N) is 1. The minimum Gasteiger partial charge on any atom is -0.394 e. The molecule has 1 aliphatic rings. The quantitative estimate of drug-likeness (QED) is 0.337. The Bertz CT molecular complexity index is 1040. The number of hydrogen-bond donors (Lipinski definition) is 4. The van der Waals surface area contributed by atoms with Gasteiger partial charge in [-0.05, 0) is 15.9 Å². The molecule has 1 fully saturated rings. The lowest BCUT2D eigenvalue weighted by molar-refractivity contribution is -0.0521. The van der Waals surface area contributed by atoms with Gasteiger partial charge in [0.15, 0.2) is 22.1 Å². The van der Waals surface area contributed by atoms with E-state index in [1.54, 1.807) is 0 Å². The molecule has 1 aliphatic heterocycles. The van der Waals surface area contributed by atoms with Crippen molar-refractivity contribution in [3.05, 3.63) is 21.4 Å². The Morgan fingerprint density at radius 2 is 2.04 bits per heavy atom. The average Bonchev–Trinajstić information content (AvgIpc) is 3.05. The number of aliphatic hydroxyl groups excluding tert-OH is 3. The van der Waals surface area contributed by atoms with Gasteiger partial charge in [-0.25, -0.2) is 19.4 Å². The molecule has 12 nitrogen and oxygen atoms in total. The second-order valence-electron chi connectivity index (χ2n) is 5.44. The SMILES string of the molecule is Nc1ncnc2nc3c(nc(Br)n3[C@@H]3O[C@H](CO)[C@@H](O)[C@H]3O)c(=O)n12. The van der Waals surface area contributed by atoms with Crippen LogP contribution in [-0.4, -0.2) is 69.1 Å². The van der Waals surface area contributed by atoms with Crippen molar-refractivity contribution in [1.29, 1.82) is 0 Å². The Kier molecular flexibility index (Phi) is 3.69. The smallest absolute Gasteiger partial charge is 0.290 e. The molecule has 0 bridgehead atoms. The van der Waals surface area contributed by atoms with Crippen molar-refractivity contribution in [1.82, 2.24) is 28.9 Å². The maximum atomic E-state index is 12.6. The van der Waals surface area contributed by atoms with E-state index in [9.17, 15) is 20.1 Å². The lowest BCUT2D eigenvalue weighted by Gasteiger charge is -2.17. The molecule has 5 N–H and O–H groups in total. The third kappa shape index (κ3) is 2.24. The normalized spacial score (nSPS) is 26.7. The van der Waals surface area contributed by atoms with Crippen molar-refractivity contribution in [3.8, 4) is 0 Å². The molecule has 4 atom stereocenters. The molecule has 1 saturated heterocycles. The predicted molar refractivity (Wildman–Crippen MR) is 85.5 cm³/mol. The first-order chi connectivity index (χ1) is 11.9. The van der Waals surface area contributed by atoms with E-state index >= 15 is 0 Å². The lowest BCUT2D eigenvalue weighted by Crippen LogP contribution is -2.33. The van der Waals surface area contributed by atoms with E-state index in [1.807, 2.05) is 0 Å². The number of fused-ring (bicyclic) bond motifs is 2. The minimum atomic E-state index is -1.36. The van der Waals surface area contributed by atoms with E-state index in [-0.39, 0.29) is 27.6 Å². The molecule has 132 valence electrons. The van der Waals surface area contributed by atoms with Gasteiger partial charge in [0.1, 0.15) is 24.6 Å². The van der Waals surface area contributed by atoms with Gasteiger partial charge < -0.3 is 25.8 Å². The van der Waals surface area contributed by atoms with Gasteiger partial charge in [0.2, 0.25) is 11.7 Å². The van der Waals surface area contributed by atoms with Crippen LogP contribution in [0.3, 0.4) is 0 Å². The fourth-order valence-corrected chi connectivity index (χ4v) is 3.35. The zero-order valence-electron chi connectivity index (χ0n) is 12.4. The second kappa shape index (κ2) is 5.67. The summed E-state index contributed by atoms with van der Waals surface area (Å²) in [5, 5.41) is 29.4. The van der Waals surface area contributed by atoms with Crippen molar-refractivity contribution in [2.75, 3.05) is 12.3 Å². The summed E-state index contributed by atoms with van der Waals surface area (Å²) in [7, 11) is 0. The number of imidazole rings is 1. The van der Waals surface area contributed by atoms with E-state index in [0.29, 0.717) is 0 Å². The van der Waals surface area contributed by atoms with Crippen molar-refractivity contribution in [3.63, 3.8) is 0 Å². The Morgan fingerprint density at radius 1 is 1.28 bits per heavy atom. The second-order valence-corrected chi connectivity index (χ2v) is 6.15. The first kappa shape index (κ1) is 16.3. The third-order valence-corrected chi connectivity index (χ3v) is 4.58. The van der Waals surface area contributed by atoms with Crippen LogP contribution in [0.25, 0.3) is 16.9 Å². The highest BCUT2D eigenvalue weighted by atomic mass is 79.9. The van der Waals surface area contributed by atoms with Crippen LogP contribution in [0, 0.1) is 0 Å². The fraction of sp³-hybridized carbons (Fsp3) is 0.417. The van der Waals surface area contributed by atoms with E-state index in [2.05, 4.69) is 35.9 Å². The summed E-state index contributed by atoms with van der Waals surface area (Å²) in [6.07, 6.45) is -3.60. The molecule has 0 saturated carbocycles. The average molecular weight is 414 g/mol. The standard InChI is InChI=1S/C12H12BrN7O5/c13-10-17-4-7(18-12-16-2-15-11(14)20(12)8(4)24)19(10)9-6(23)5(22)3(1-21)25-9/h2-3,5-6,9,21-23H,1H2,(H2,14,15,16,18)/t3-,5-,6-,9-/m1/s1. The molecule has 0 aromatic carbocycles. The summed E-state index contributed by atoms with van der Waals surface area (Å²) in [5.41, 5.74) is 5.12. The molecule has 0 amide bonds. The monoisotopic (exact) mass is 413 g/mol. The van der Waals surface area contributed by atoms with Gasteiger partial charge in [0.25, 0.3) is 5.56 Å². The minimum absolute atomic E-state index is 0.00890. The van der Waals surface area contributed by atoms with Crippen molar-refractivity contribution < 1.29 is 20.1 Å². The van der Waals surface area contributed by atoms with Gasteiger partial charge >= 0.3 is 0 Å². The molecule has 4 rings (SSSR count). The molecule has 13 heteroatoms. The van der Waals surface area contributed by atoms with Gasteiger partial charge in [-0.2, -0.15) is 4.98 Å². The molecule has 3 aromatic rings. The van der Waals surface area contributed by atoms with Gasteiger partial charge in [-0.15, -0.1) is 0 Å². The van der Waals surface area contributed by atoms with E-state index < -0.39 is 36.7 Å². The molecule has 4 heterocycles. The molecule has 25 heavy (non-hydrogen) atoms. The maximum Gasteiger partial charge on any atom is 0.290 e. The number of nitrogen functional groups attached to an aromatic ring is 1. The molecule has 0 spiro atoms. The summed E-state index contributed by atoms with van der Waals surface area (Å²) in [6, 6.07) is 0. The summed E-state index contributed by atoms with van der Waals surface area (Å²) < 4.78 is 7.93. The van der Waals surface area contributed by atoms with Crippen LogP contribution in [0.2, 0.25) is 0 Å². The first-order valence-corrected chi connectivity index (χ1v) is 7.92. The largest absolute Gasteiger partial charge is 0.394 e. The zero-order chi connectivity index (χ0) is 17.9. The number of aliphatic hydroxyl groups is 3. The van der Waals surface area contributed by atoms with Gasteiger partial charge in [0.05, 0.1) is 6.61 Å². The maximum absolute atomic E-state index is 12.6. The highest BCUT2D eigenvalue weighted by Crippen LogP contribution is 2.33. The summed E-state index contributed by atoms with van der Waals surface area (Å²) in [5.74, 6) is -0.103. The van der Waals surface area contributed by atoms with Crippen LogP contribution in [0.15, 0.2) is 15.9 Å². The highest BCUT2D eigenvalue weighted by Gasteiger charge is 2.45. The van der Waals surface area contributed by atoms with Crippen molar-refractivity contribution in [2.45, 2.75) is 24.5 Å². The Hall–Kier alpha value is -2.19. The summed E-state index contributed by atoms with van der Waals surface area (Å²) in [6.45, 7) is -0.484. The number of rotatable bonds is 2. The van der Waals surface area contributed by atoms with E-state index in [4.69, 9.17) is 10.5 Å². The van der Waals surface area contributed by atoms with E-state index in [1.165, 1.54) is 4.57 Å². The molecular formula is C12H12BrN7O5. The summed E-state index contributed by atoms with van der Waals surface area (Å²) in [4.78, 5) is 28.6. The molecular weight excluding hydrogens is 402 g/mol. The highest BCUT2D eigenvalue weighted by molar-refractivity contribution is 9.10. The number of ether oxygens (including phenoxy) is 1. The van der Waals surface area contributed by atoms with Gasteiger partial charge in [-0.1, -0.05) is 0 Å². The number of hydrogen-bond acceptors (Lipinski definition) is 10. The molecule has 0 radical (unpaired) electrons. The van der Waals surface area contributed by atoms with Crippen LogP contribution in [0.5, 0.6) is 0 Å². The van der Waals surface area contributed by atoms with Gasteiger partial charge in [0, 0.05) is 0 Å². The number of halogens is 1. The number of nitrogens with zero attached hydrogens (tertiary/aromatic N) is 6. The van der Waals surface area contributed by atoms with Crippen molar-refractivity contribution in [2.24, 2.45) is 0 Å². The lowest BCUT2D eigenvalue weighted by atomic mass is 10.1. The fourth-order valence-electron chi connectivity index (χ4n) is 2.80. The van der Waals surface area contributed by atoms with Crippen LogP contribution in [-0.2, 0) is 4.74 Å². The van der Waals surface area contributed by atoms with Crippen LogP contribution < -0.4 is 11.3 Å².